The maximum atomic E-state index is 12.2. The zero-order valence-electron chi connectivity index (χ0n) is 26.4. The van der Waals surface area contributed by atoms with Crippen LogP contribution in [-0.4, -0.2) is 143 Å². The first-order valence-electron chi connectivity index (χ1n) is 16.3. The number of aliphatic hydroxyl groups excluding tert-OH is 3. The van der Waals surface area contributed by atoms with Gasteiger partial charge in [0.15, 0.2) is 6.29 Å². The Labute approximate surface area is 262 Å². The van der Waals surface area contributed by atoms with Crippen molar-refractivity contribution in [2.45, 2.75) is 82.0 Å². The third kappa shape index (κ3) is 20.2. The lowest BCUT2D eigenvalue weighted by molar-refractivity contribution is -0.252. The number of urea groups is 1. The van der Waals surface area contributed by atoms with E-state index in [2.05, 4.69) is 37.2 Å². The summed E-state index contributed by atoms with van der Waals surface area (Å²) in [7, 11) is 0. The highest BCUT2D eigenvalue weighted by molar-refractivity contribution is 5.74. The summed E-state index contributed by atoms with van der Waals surface area (Å²) < 4.78 is 10.4. The molecule has 0 bridgehead atoms. The van der Waals surface area contributed by atoms with Crippen LogP contribution in [0.2, 0.25) is 0 Å². The molecule has 1 saturated heterocycles. The van der Waals surface area contributed by atoms with Gasteiger partial charge in [0, 0.05) is 13.1 Å². The van der Waals surface area contributed by atoms with Crippen LogP contribution in [0.1, 0.15) is 51.4 Å². The van der Waals surface area contributed by atoms with E-state index in [9.17, 15) is 24.9 Å². The van der Waals surface area contributed by atoms with E-state index in [1.807, 2.05) is 0 Å². The molecule has 0 aliphatic carbocycles. The van der Waals surface area contributed by atoms with Crippen molar-refractivity contribution >= 4 is 12.1 Å². The molecule has 0 radical (unpaired) electrons. The Morgan fingerprint density at radius 3 is 1.57 bits per heavy atom. The van der Waals surface area contributed by atoms with Gasteiger partial charge in [-0.2, -0.15) is 0 Å². The maximum Gasteiger partial charge on any atom is 0.407 e. The Morgan fingerprint density at radius 1 is 0.614 bits per heavy atom. The van der Waals surface area contributed by atoms with Gasteiger partial charge in [0.2, 0.25) is 0 Å². The van der Waals surface area contributed by atoms with Crippen LogP contribution in [-0.2, 0) is 9.47 Å². The SMILES string of the molecule is NCCCNCCCCNCCCNC(=O)N[C@@H]1C(O)O[C@H](COC(=O)NCCCNCCCCNCCCN)[C@@H](O)[C@@H]1O. The average molecular weight is 636 g/mol. The first kappa shape index (κ1) is 40.2. The molecule has 1 unspecified atom stereocenters. The van der Waals surface area contributed by atoms with E-state index in [1.54, 1.807) is 0 Å². The van der Waals surface area contributed by atoms with Crippen molar-refractivity contribution in [3.8, 4) is 0 Å². The van der Waals surface area contributed by atoms with E-state index >= 15 is 0 Å². The number of hydrogen-bond donors (Lipinski definition) is 12. The Kier molecular flexibility index (Phi) is 25.1. The van der Waals surface area contributed by atoms with Gasteiger partial charge in [-0.3, -0.25) is 0 Å². The summed E-state index contributed by atoms with van der Waals surface area (Å²) in [6.07, 6.45) is 1.16. The molecule has 0 saturated carbocycles. The van der Waals surface area contributed by atoms with Gasteiger partial charge in [-0.05, 0) is 117 Å². The largest absolute Gasteiger partial charge is 0.447 e. The normalized spacial score (nSPS) is 21.6. The molecule has 1 heterocycles. The molecule has 16 heteroatoms. The lowest BCUT2D eigenvalue weighted by Crippen LogP contribution is -2.65. The van der Waals surface area contributed by atoms with E-state index in [4.69, 9.17) is 20.9 Å². The van der Waals surface area contributed by atoms with Crippen molar-refractivity contribution in [1.29, 1.82) is 0 Å². The number of alkyl carbamates (subject to hydrolysis) is 1. The van der Waals surface area contributed by atoms with Crippen molar-refractivity contribution in [1.82, 2.24) is 37.2 Å². The molecule has 1 rings (SSSR count). The first-order valence-corrected chi connectivity index (χ1v) is 16.3. The molecule has 0 aromatic rings. The van der Waals surface area contributed by atoms with Gasteiger partial charge in [-0.15, -0.1) is 0 Å². The molecule has 0 aromatic carbocycles. The zero-order chi connectivity index (χ0) is 32.3. The topological polar surface area (TPSA) is 250 Å². The van der Waals surface area contributed by atoms with Crippen molar-refractivity contribution < 1.29 is 34.4 Å². The lowest BCUT2D eigenvalue weighted by Gasteiger charge is -2.40. The van der Waals surface area contributed by atoms with Gasteiger partial charge < -0.3 is 73.5 Å². The van der Waals surface area contributed by atoms with Crippen molar-refractivity contribution in [3.63, 3.8) is 0 Å². The van der Waals surface area contributed by atoms with E-state index < -0.39 is 42.8 Å². The van der Waals surface area contributed by atoms with Gasteiger partial charge >= 0.3 is 12.1 Å². The van der Waals surface area contributed by atoms with Gasteiger partial charge in [-0.1, -0.05) is 0 Å². The van der Waals surface area contributed by atoms with E-state index in [0.29, 0.717) is 39.0 Å². The van der Waals surface area contributed by atoms with Crippen molar-refractivity contribution in [2.75, 3.05) is 85.1 Å². The summed E-state index contributed by atoms with van der Waals surface area (Å²) >= 11 is 0. The Morgan fingerprint density at radius 2 is 1.07 bits per heavy atom. The fourth-order valence-corrected chi connectivity index (χ4v) is 4.42. The molecule has 1 aliphatic rings. The predicted octanol–water partition coefficient (Wildman–Crippen LogP) is -2.78. The number of ether oxygens (including phenoxy) is 2. The zero-order valence-corrected chi connectivity index (χ0v) is 26.4. The van der Waals surface area contributed by atoms with Crippen LogP contribution in [0.25, 0.3) is 0 Å². The number of nitrogens with two attached hydrogens (primary N) is 2. The average Bonchev–Trinajstić information content (AvgIpc) is 3.01. The Balaban J connectivity index is 2.09. The van der Waals surface area contributed by atoms with Gasteiger partial charge in [0.25, 0.3) is 0 Å². The standard InChI is InChI=1S/C28H61N9O7/c29-9-5-15-31-11-1-3-13-33-17-7-19-35-27(41)37-23-25(39)24(38)22(44-26(23)40)21-43-28(42)36-20-8-18-34-14-4-2-12-32-16-6-10-30/h22-26,31-34,38-40H,1-21,29-30H2,(H,36,42)(H2,35,37,41)/t22-,23+,24-,25-,26?/m1/s1. The van der Waals surface area contributed by atoms with E-state index in [1.165, 1.54) is 0 Å². The molecule has 16 nitrogen and oxygen atoms in total. The van der Waals surface area contributed by atoms with Gasteiger partial charge in [0.05, 0.1) is 0 Å². The van der Waals surface area contributed by atoms with Crippen molar-refractivity contribution in [3.05, 3.63) is 0 Å². The second-order valence-corrected chi connectivity index (χ2v) is 10.9. The summed E-state index contributed by atoms with van der Waals surface area (Å²) in [4.78, 5) is 24.2. The van der Waals surface area contributed by atoms with Crippen molar-refractivity contribution in [2.24, 2.45) is 11.5 Å². The summed E-state index contributed by atoms with van der Waals surface area (Å²) in [6.45, 7) is 8.92. The summed E-state index contributed by atoms with van der Waals surface area (Å²) in [5, 5.41) is 52.2. The highest BCUT2D eigenvalue weighted by Gasteiger charge is 2.45. The molecule has 1 aliphatic heterocycles. The number of amides is 3. The smallest absolute Gasteiger partial charge is 0.407 e. The van der Waals surface area contributed by atoms with Crippen LogP contribution in [0, 0.1) is 0 Å². The number of aliphatic hydroxyl groups is 3. The quantitative estimate of drug-likeness (QED) is 0.0409. The minimum absolute atomic E-state index is 0.380. The van der Waals surface area contributed by atoms with Crippen LogP contribution in [0.15, 0.2) is 0 Å². The number of carbonyl (C=O) groups excluding carboxylic acids is 2. The highest BCUT2D eigenvalue weighted by atomic mass is 16.6. The molecular formula is C28H61N9O7. The number of rotatable bonds is 27. The Bertz CT molecular complexity index is 712. The molecular weight excluding hydrogens is 574 g/mol. The highest BCUT2D eigenvalue weighted by Crippen LogP contribution is 2.20. The third-order valence-corrected chi connectivity index (χ3v) is 7.04. The fraction of sp³-hybridized carbons (Fsp3) is 0.929. The maximum absolute atomic E-state index is 12.2. The monoisotopic (exact) mass is 635 g/mol. The van der Waals surface area contributed by atoms with E-state index in [0.717, 1.165) is 90.9 Å². The van der Waals surface area contributed by atoms with Crippen LogP contribution < -0.4 is 48.7 Å². The lowest BCUT2D eigenvalue weighted by atomic mass is 9.97. The van der Waals surface area contributed by atoms with Gasteiger partial charge in [0.1, 0.15) is 31.0 Å². The molecule has 44 heavy (non-hydrogen) atoms. The minimum Gasteiger partial charge on any atom is -0.447 e. The minimum atomic E-state index is -1.60. The predicted molar refractivity (Wildman–Crippen MR) is 169 cm³/mol. The van der Waals surface area contributed by atoms with Crippen LogP contribution in [0.3, 0.4) is 0 Å². The van der Waals surface area contributed by atoms with E-state index in [-0.39, 0.29) is 6.61 Å². The third-order valence-electron chi connectivity index (χ3n) is 7.04. The fourth-order valence-electron chi connectivity index (χ4n) is 4.42. The van der Waals surface area contributed by atoms with Crippen LogP contribution >= 0.6 is 0 Å². The van der Waals surface area contributed by atoms with Crippen LogP contribution in [0.4, 0.5) is 9.59 Å². The molecule has 0 spiro atoms. The molecule has 3 amide bonds. The molecule has 1 fully saturated rings. The molecule has 14 N–H and O–H groups in total. The molecule has 5 atom stereocenters. The summed E-state index contributed by atoms with van der Waals surface area (Å²) in [5.41, 5.74) is 10.9. The second kappa shape index (κ2) is 27.5. The molecule has 260 valence electrons. The first-order chi connectivity index (χ1) is 21.4. The number of carbonyl (C=O) groups is 2. The molecule has 0 aromatic heterocycles. The Hall–Kier alpha value is -1.86. The number of hydrogen-bond acceptors (Lipinski definition) is 13. The summed E-state index contributed by atoms with van der Waals surface area (Å²) in [6, 6.07) is -1.86. The summed E-state index contributed by atoms with van der Waals surface area (Å²) in [5.74, 6) is 0. The van der Waals surface area contributed by atoms with Gasteiger partial charge in [-0.25, -0.2) is 9.59 Å². The number of unbranched alkanes of at least 4 members (excludes halogenated alkanes) is 2. The number of nitrogens with one attached hydrogen (secondary N) is 7. The second-order valence-electron chi connectivity index (χ2n) is 10.9. The van der Waals surface area contributed by atoms with Crippen LogP contribution in [0.5, 0.6) is 0 Å².